The van der Waals surface area contributed by atoms with Crippen LogP contribution in [0.25, 0.3) is 11.3 Å². The van der Waals surface area contributed by atoms with Crippen molar-refractivity contribution in [2.24, 2.45) is 0 Å². The molecule has 2 nitrogen and oxygen atoms in total. The molecular weight excluding hydrogens is 337 g/mol. The largest absolute Gasteiger partial charge is 0.506 e. The predicted molar refractivity (Wildman–Crippen MR) is 71.4 cm³/mol. The van der Waals surface area contributed by atoms with Crippen LogP contribution in [-0.4, -0.2) is 10.1 Å². The van der Waals surface area contributed by atoms with Gasteiger partial charge in [0, 0.05) is 10.6 Å². The van der Waals surface area contributed by atoms with Gasteiger partial charge in [-0.2, -0.15) is 13.2 Å². The summed E-state index contributed by atoms with van der Waals surface area (Å²) >= 11 is 17.5. The van der Waals surface area contributed by atoms with Crippen molar-refractivity contribution in [3.05, 3.63) is 45.0 Å². The van der Waals surface area contributed by atoms with Crippen LogP contribution in [0.4, 0.5) is 13.2 Å². The number of nitrogens with zero attached hydrogens (tertiary/aromatic N) is 1. The molecule has 0 radical (unpaired) electrons. The van der Waals surface area contributed by atoms with Crippen molar-refractivity contribution in [1.82, 2.24) is 4.98 Å². The molecule has 0 amide bonds. The molecule has 20 heavy (non-hydrogen) atoms. The normalized spacial score (nSPS) is 11.7. The van der Waals surface area contributed by atoms with Crippen molar-refractivity contribution in [2.75, 3.05) is 0 Å². The molecule has 1 aromatic carbocycles. The van der Waals surface area contributed by atoms with E-state index in [9.17, 15) is 18.3 Å². The van der Waals surface area contributed by atoms with E-state index in [1.807, 2.05) is 0 Å². The monoisotopic (exact) mass is 341 g/mol. The summed E-state index contributed by atoms with van der Waals surface area (Å²) in [5.74, 6) is -0.468. The molecular formula is C12H5Cl3F3NO. The summed E-state index contributed by atoms with van der Waals surface area (Å²) in [6.07, 6.45) is -4.65. The average molecular weight is 343 g/mol. The summed E-state index contributed by atoms with van der Waals surface area (Å²) in [6.45, 7) is 0. The van der Waals surface area contributed by atoms with E-state index in [4.69, 9.17) is 34.8 Å². The van der Waals surface area contributed by atoms with E-state index in [2.05, 4.69) is 4.98 Å². The Morgan fingerprint density at radius 1 is 1.00 bits per heavy atom. The van der Waals surface area contributed by atoms with Gasteiger partial charge in [0.1, 0.15) is 17.1 Å². The van der Waals surface area contributed by atoms with E-state index < -0.39 is 17.6 Å². The van der Waals surface area contributed by atoms with Gasteiger partial charge in [0.15, 0.2) is 0 Å². The van der Waals surface area contributed by atoms with Gasteiger partial charge in [-0.05, 0) is 24.3 Å². The van der Waals surface area contributed by atoms with Gasteiger partial charge in [-0.25, -0.2) is 4.98 Å². The third-order valence-corrected chi connectivity index (χ3v) is 3.22. The third kappa shape index (κ3) is 2.95. The molecule has 1 heterocycles. The topological polar surface area (TPSA) is 33.1 Å². The van der Waals surface area contributed by atoms with Crippen LogP contribution >= 0.6 is 34.8 Å². The smallest absolute Gasteiger partial charge is 0.433 e. The second kappa shape index (κ2) is 5.31. The number of hydrogen-bond acceptors (Lipinski definition) is 2. The molecule has 0 saturated heterocycles. The minimum absolute atomic E-state index is 0.00961. The Kier molecular flexibility index (Phi) is 4.04. The van der Waals surface area contributed by atoms with Crippen molar-refractivity contribution in [1.29, 1.82) is 0 Å². The third-order valence-electron chi connectivity index (χ3n) is 2.41. The molecule has 8 heteroatoms. The van der Waals surface area contributed by atoms with Gasteiger partial charge in [0.05, 0.1) is 10.0 Å². The van der Waals surface area contributed by atoms with Crippen LogP contribution in [0, 0.1) is 0 Å². The minimum atomic E-state index is -4.65. The molecule has 0 aliphatic carbocycles. The van der Waals surface area contributed by atoms with E-state index in [1.54, 1.807) is 0 Å². The summed E-state index contributed by atoms with van der Waals surface area (Å²) in [5, 5.41) is 9.89. The Morgan fingerprint density at radius 3 is 2.05 bits per heavy atom. The summed E-state index contributed by atoms with van der Waals surface area (Å²) in [6, 6.07) is 4.14. The number of benzene rings is 1. The highest BCUT2D eigenvalue weighted by Gasteiger charge is 2.33. The van der Waals surface area contributed by atoms with Crippen LogP contribution < -0.4 is 0 Å². The van der Waals surface area contributed by atoms with Crippen molar-refractivity contribution in [2.45, 2.75) is 6.18 Å². The lowest BCUT2D eigenvalue weighted by Gasteiger charge is -2.12. The molecule has 0 atom stereocenters. The zero-order chi connectivity index (χ0) is 15.1. The molecule has 0 fully saturated rings. The van der Waals surface area contributed by atoms with Gasteiger partial charge in [-0.15, -0.1) is 0 Å². The van der Waals surface area contributed by atoms with E-state index in [0.717, 1.165) is 6.07 Å². The Bertz CT molecular complexity index is 650. The van der Waals surface area contributed by atoms with Crippen LogP contribution in [0.3, 0.4) is 0 Å². The van der Waals surface area contributed by atoms with Crippen molar-refractivity contribution in [3.8, 4) is 17.0 Å². The van der Waals surface area contributed by atoms with Gasteiger partial charge in [0.25, 0.3) is 0 Å². The number of alkyl halides is 3. The SMILES string of the molecule is Oc1ccc(C(F)(F)F)nc1-c1c(Cl)cc(Cl)cc1Cl. The number of hydrogen-bond donors (Lipinski definition) is 1. The van der Waals surface area contributed by atoms with Crippen molar-refractivity contribution < 1.29 is 18.3 Å². The van der Waals surface area contributed by atoms with E-state index in [1.165, 1.54) is 12.1 Å². The van der Waals surface area contributed by atoms with Crippen LogP contribution in [0.5, 0.6) is 5.75 Å². The van der Waals surface area contributed by atoms with Gasteiger partial charge in [0.2, 0.25) is 0 Å². The Balaban J connectivity index is 2.70. The highest BCUT2D eigenvalue weighted by atomic mass is 35.5. The summed E-state index contributed by atoms with van der Waals surface area (Å²) in [7, 11) is 0. The fraction of sp³-hybridized carbons (Fsp3) is 0.0833. The van der Waals surface area contributed by atoms with E-state index in [-0.39, 0.29) is 26.3 Å². The molecule has 1 aromatic heterocycles. The first-order valence-electron chi connectivity index (χ1n) is 5.12. The molecule has 0 aliphatic rings. The maximum Gasteiger partial charge on any atom is 0.433 e. The van der Waals surface area contributed by atoms with Gasteiger partial charge < -0.3 is 5.11 Å². The minimum Gasteiger partial charge on any atom is -0.506 e. The highest BCUT2D eigenvalue weighted by Crippen LogP contribution is 2.41. The molecule has 2 rings (SSSR count). The first kappa shape index (κ1) is 15.2. The molecule has 0 saturated carbocycles. The number of pyridine rings is 1. The van der Waals surface area contributed by atoms with Crippen molar-refractivity contribution in [3.63, 3.8) is 0 Å². The molecule has 1 N–H and O–H groups in total. The number of aromatic hydroxyl groups is 1. The number of halogens is 6. The first-order chi connectivity index (χ1) is 9.20. The molecule has 0 aliphatic heterocycles. The predicted octanol–water partition coefficient (Wildman–Crippen LogP) is 5.43. The first-order valence-corrected chi connectivity index (χ1v) is 6.25. The molecule has 0 bridgehead atoms. The maximum atomic E-state index is 12.6. The Hall–Kier alpha value is -1.17. The Morgan fingerprint density at radius 2 is 1.55 bits per heavy atom. The van der Waals surface area contributed by atoms with Gasteiger partial charge in [-0.3, -0.25) is 0 Å². The number of rotatable bonds is 1. The van der Waals surface area contributed by atoms with Crippen LogP contribution in [0.15, 0.2) is 24.3 Å². The maximum absolute atomic E-state index is 12.6. The molecule has 2 aromatic rings. The summed E-state index contributed by atoms with van der Waals surface area (Å²) in [4.78, 5) is 3.38. The van der Waals surface area contributed by atoms with Gasteiger partial charge >= 0.3 is 6.18 Å². The lowest BCUT2D eigenvalue weighted by molar-refractivity contribution is -0.141. The van der Waals surface area contributed by atoms with Crippen molar-refractivity contribution >= 4 is 34.8 Å². The van der Waals surface area contributed by atoms with E-state index in [0.29, 0.717) is 6.07 Å². The standard InChI is InChI=1S/C12H5Cl3F3NO/c13-5-3-6(14)10(7(15)4-5)11-8(20)1-2-9(19-11)12(16,17)18/h1-4,20H. The highest BCUT2D eigenvalue weighted by molar-refractivity contribution is 6.41. The fourth-order valence-corrected chi connectivity index (χ4v) is 2.56. The lowest BCUT2D eigenvalue weighted by atomic mass is 10.1. The quantitative estimate of drug-likeness (QED) is 0.749. The molecule has 0 unspecified atom stereocenters. The van der Waals surface area contributed by atoms with Crippen LogP contribution in [-0.2, 0) is 6.18 Å². The fourth-order valence-electron chi connectivity index (χ4n) is 1.56. The van der Waals surface area contributed by atoms with Gasteiger partial charge in [-0.1, -0.05) is 34.8 Å². The second-order valence-electron chi connectivity index (χ2n) is 3.81. The van der Waals surface area contributed by atoms with E-state index >= 15 is 0 Å². The summed E-state index contributed by atoms with van der Waals surface area (Å²) in [5.41, 5.74) is -1.53. The van der Waals surface area contributed by atoms with Crippen LogP contribution in [0.1, 0.15) is 5.69 Å². The zero-order valence-corrected chi connectivity index (χ0v) is 11.7. The Labute approximate surface area is 126 Å². The average Bonchev–Trinajstić information content (AvgIpc) is 2.28. The molecule has 106 valence electrons. The second-order valence-corrected chi connectivity index (χ2v) is 5.06. The number of aromatic nitrogens is 1. The summed E-state index contributed by atoms with van der Waals surface area (Å²) < 4.78 is 37.9. The lowest BCUT2D eigenvalue weighted by Crippen LogP contribution is -2.08. The van der Waals surface area contributed by atoms with Crippen LogP contribution in [0.2, 0.25) is 15.1 Å². The molecule has 0 spiro atoms. The zero-order valence-electron chi connectivity index (χ0n) is 9.47.